The van der Waals surface area contributed by atoms with Crippen molar-refractivity contribution in [2.24, 2.45) is 5.73 Å². The smallest absolute Gasteiger partial charge is 0.269 e. The van der Waals surface area contributed by atoms with E-state index in [1.54, 1.807) is 71.6 Å². The first-order chi connectivity index (χ1) is 17.4. The third-order valence-electron chi connectivity index (χ3n) is 5.90. The van der Waals surface area contributed by atoms with Crippen molar-refractivity contribution >= 4 is 56.2 Å². The largest absolute Gasteiger partial charge is 0.364 e. The van der Waals surface area contributed by atoms with Crippen molar-refractivity contribution in [3.05, 3.63) is 95.7 Å². The third-order valence-corrected chi connectivity index (χ3v) is 6.84. The fourth-order valence-corrected chi connectivity index (χ4v) is 4.61. The Balaban J connectivity index is 1.64. The fraction of sp³-hybridized carbons (Fsp3) is 0.0370. The van der Waals surface area contributed by atoms with Crippen molar-refractivity contribution in [2.45, 2.75) is 4.90 Å². The number of aromatic nitrogens is 2. The summed E-state index contributed by atoms with van der Waals surface area (Å²) in [6.45, 7) is 0. The number of carbonyl (C=O) groups excluding carboxylic acids is 2. The minimum Gasteiger partial charge on any atom is -0.364 e. The van der Waals surface area contributed by atoms with Crippen molar-refractivity contribution in [1.82, 2.24) is 9.78 Å². The number of carbonyl (C=O) groups is 2. The van der Waals surface area contributed by atoms with Crippen molar-refractivity contribution in [1.29, 1.82) is 5.41 Å². The molecule has 178 valence electrons. The number of hydrogen-bond donors (Lipinski definition) is 3. The van der Waals surface area contributed by atoms with Gasteiger partial charge in [-0.2, -0.15) is 5.10 Å². The second-order valence-electron chi connectivity index (χ2n) is 8.19. The highest BCUT2D eigenvalue weighted by molar-refractivity contribution is 7.84. The van der Waals surface area contributed by atoms with Crippen LogP contribution in [0.2, 0.25) is 0 Å². The molecule has 1 heterocycles. The van der Waals surface area contributed by atoms with Crippen molar-refractivity contribution in [3.8, 4) is 5.69 Å². The molecule has 0 saturated heterocycles. The van der Waals surface area contributed by atoms with Crippen LogP contribution in [0.1, 0.15) is 26.4 Å². The molecule has 0 aliphatic carbocycles. The lowest BCUT2D eigenvalue weighted by Crippen LogP contribution is -2.12. The number of primary amides is 1. The molecule has 5 aromatic rings. The standard InChI is InChI=1S/C27H21N5O3S/c1-36(35)21-11-9-20(10-12-21)32-25-22(24(31-32)26(29)33)13-7-17-6-8-19(14-23(17)25)30-27(34)18-4-2-16(15-28)3-5-18/h2-15,28H,1H3,(H2,29,33)(H,30,34). The number of rotatable bonds is 6. The van der Waals surface area contributed by atoms with Gasteiger partial charge in [0, 0.05) is 50.2 Å². The molecule has 0 spiro atoms. The number of hydrogen-bond acceptors (Lipinski definition) is 5. The van der Waals surface area contributed by atoms with Crippen LogP contribution in [0.25, 0.3) is 27.4 Å². The monoisotopic (exact) mass is 495 g/mol. The quantitative estimate of drug-likeness (QED) is 0.304. The molecule has 0 saturated carbocycles. The van der Waals surface area contributed by atoms with Crippen LogP contribution in [0, 0.1) is 5.41 Å². The zero-order valence-corrected chi connectivity index (χ0v) is 20.0. The number of nitrogens with zero attached hydrogens (tertiary/aromatic N) is 2. The molecule has 1 aromatic heterocycles. The van der Waals surface area contributed by atoms with Gasteiger partial charge in [0.1, 0.15) is 0 Å². The molecule has 2 amide bonds. The molecule has 36 heavy (non-hydrogen) atoms. The first-order valence-electron chi connectivity index (χ1n) is 11.0. The Bertz CT molecular complexity index is 1690. The average Bonchev–Trinajstić information content (AvgIpc) is 3.29. The average molecular weight is 496 g/mol. The van der Waals surface area contributed by atoms with Crippen LogP contribution in [-0.2, 0) is 10.8 Å². The Morgan fingerprint density at radius 2 is 1.67 bits per heavy atom. The molecule has 9 heteroatoms. The van der Waals surface area contributed by atoms with E-state index in [1.807, 2.05) is 18.2 Å². The summed E-state index contributed by atoms with van der Waals surface area (Å²) in [6, 6.07) is 23.0. The molecular formula is C27H21N5O3S. The molecule has 4 N–H and O–H groups in total. The van der Waals surface area contributed by atoms with Crippen LogP contribution in [0.3, 0.4) is 0 Å². The lowest BCUT2D eigenvalue weighted by molar-refractivity contribution is 0.0994. The highest BCUT2D eigenvalue weighted by Crippen LogP contribution is 2.32. The van der Waals surface area contributed by atoms with Crippen LogP contribution in [-0.4, -0.2) is 38.3 Å². The van der Waals surface area contributed by atoms with Crippen LogP contribution in [0.4, 0.5) is 5.69 Å². The van der Waals surface area contributed by atoms with Gasteiger partial charge in [-0.15, -0.1) is 0 Å². The van der Waals surface area contributed by atoms with Crippen LogP contribution in [0.15, 0.2) is 83.8 Å². The van der Waals surface area contributed by atoms with Gasteiger partial charge in [-0.25, -0.2) is 4.68 Å². The topological polar surface area (TPSA) is 131 Å². The van der Waals surface area contributed by atoms with Gasteiger partial charge in [0.2, 0.25) is 0 Å². The lowest BCUT2D eigenvalue weighted by Gasteiger charge is -2.10. The Kier molecular flexibility index (Phi) is 5.91. The van der Waals surface area contributed by atoms with Gasteiger partial charge in [-0.3, -0.25) is 13.8 Å². The number of benzene rings is 4. The molecule has 5 rings (SSSR count). The third kappa shape index (κ3) is 4.16. The van der Waals surface area contributed by atoms with E-state index in [0.29, 0.717) is 38.3 Å². The maximum atomic E-state index is 12.8. The molecule has 0 radical (unpaired) electrons. The maximum Gasteiger partial charge on any atom is 0.269 e. The zero-order chi connectivity index (χ0) is 25.4. The van der Waals surface area contributed by atoms with E-state index in [9.17, 15) is 13.8 Å². The van der Waals surface area contributed by atoms with Gasteiger partial charge < -0.3 is 16.5 Å². The number of nitrogens with one attached hydrogen (secondary N) is 2. The second-order valence-corrected chi connectivity index (χ2v) is 9.57. The number of fused-ring (bicyclic) bond motifs is 3. The van der Waals surface area contributed by atoms with E-state index in [0.717, 1.165) is 10.8 Å². The molecular weight excluding hydrogens is 474 g/mol. The van der Waals surface area contributed by atoms with E-state index in [1.165, 1.54) is 6.21 Å². The summed E-state index contributed by atoms with van der Waals surface area (Å²) in [6.07, 6.45) is 2.82. The van der Waals surface area contributed by atoms with Gasteiger partial charge in [-0.05, 0) is 65.5 Å². The molecule has 1 unspecified atom stereocenters. The normalized spacial score (nSPS) is 11.9. The molecule has 8 nitrogen and oxygen atoms in total. The number of anilines is 1. The number of nitrogens with two attached hydrogens (primary N) is 1. The van der Waals surface area contributed by atoms with Gasteiger partial charge in [0.05, 0.1) is 11.2 Å². The summed E-state index contributed by atoms with van der Waals surface area (Å²) in [4.78, 5) is 25.7. The van der Waals surface area contributed by atoms with E-state index in [4.69, 9.17) is 11.1 Å². The van der Waals surface area contributed by atoms with Crippen LogP contribution >= 0.6 is 0 Å². The molecule has 0 aliphatic rings. The van der Waals surface area contributed by atoms with Gasteiger partial charge >= 0.3 is 0 Å². The SMILES string of the molecule is CS(=O)c1ccc(-n2nc(C(N)=O)c3ccc4ccc(NC(=O)c5ccc(C=N)cc5)cc4c32)cc1. The minimum absolute atomic E-state index is 0.135. The summed E-state index contributed by atoms with van der Waals surface area (Å²) < 4.78 is 13.5. The number of amides is 2. The Morgan fingerprint density at radius 3 is 2.31 bits per heavy atom. The Morgan fingerprint density at radius 1 is 0.972 bits per heavy atom. The minimum atomic E-state index is -1.13. The summed E-state index contributed by atoms with van der Waals surface area (Å²) >= 11 is 0. The summed E-state index contributed by atoms with van der Waals surface area (Å²) in [5.74, 6) is -0.935. The maximum absolute atomic E-state index is 12.8. The predicted molar refractivity (Wildman–Crippen MR) is 142 cm³/mol. The lowest BCUT2D eigenvalue weighted by atomic mass is 10.0. The predicted octanol–water partition coefficient (Wildman–Crippen LogP) is 4.26. The van der Waals surface area contributed by atoms with Gasteiger partial charge in [-0.1, -0.05) is 24.3 Å². The highest BCUT2D eigenvalue weighted by Gasteiger charge is 2.19. The highest BCUT2D eigenvalue weighted by atomic mass is 32.2. The van der Waals surface area contributed by atoms with Gasteiger partial charge in [0.25, 0.3) is 11.8 Å². The van der Waals surface area contributed by atoms with Gasteiger partial charge in [0.15, 0.2) is 5.69 Å². The van der Waals surface area contributed by atoms with Crippen molar-refractivity contribution in [2.75, 3.05) is 11.6 Å². The van der Waals surface area contributed by atoms with Crippen LogP contribution in [0.5, 0.6) is 0 Å². The molecule has 4 aromatic carbocycles. The first kappa shape index (κ1) is 23.1. The van der Waals surface area contributed by atoms with E-state index in [2.05, 4.69) is 10.4 Å². The fourth-order valence-electron chi connectivity index (χ4n) is 4.09. The van der Waals surface area contributed by atoms with E-state index >= 15 is 0 Å². The Labute approximate surface area is 208 Å². The van der Waals surface area contributed by atoms with Crippen molar-refractivity contribution < 1.29 is 13.8 Å². The summed E-state index contributed by atoms with van der Waals surface area (Å²) in [5, 5.41) is 17.0. The first-order valence-corrected chi connectivity index (χ1v) is 12.5. The summed E-state index contributed by atoms with van der Waals surface area (Å²) in [7, 11) is -1.13. The van der Waals surface area contributed by atoms with E-state index < -0.39 is 16.7 Å². The zero-order valence-electron chi connectivity index (χ0n) is 19.2. The Hall–Kier alpha value is -4.63. The summed E-state index contributed by atoms with van der Waals surface area (Å²) in [5.41, 5.74) is 8.85. The molecule has 0 fully saturated rings. The molecule has 0 bridgehead atoms. The molecule has 0 aliphatic heterocycles. The van der Waals surface area contributed by atoms with Crippen LogP contribution < -0.4 is 11.1 Å². The van der Waals surface area contributed by atoms with E-state index in [-0.39, 0.29) is 11.6 Å². The van der Waals surface area contributed by atoms with Crippen molar-refractivity contribution in [3.63, 3.8) is 0 Å². The second kappa shape index (κ2) is 9.20. The molecule has 1 atom stereocenters.